The Kier molecular flexibility index (Phi) is 3.39. The molecule has 0 N–H and O–H groups in total. The highest BCUT2D eigenvalue weighted by atomic mass is 35.5. The van der Waals surface area contributed by atoms with Gasteiger partial charge >= 0.3 is 0 Å². The zero-order chi connectivity index (χ0) is 10.9. The molecule has 0 radical (unpaired) electrons. The summed E-state index contributed by atoms with van der Waals surface area (Å²) in [6.07, 6.45) is 0. The van der Waals surface area contributed by atoms with Crippen LogP contribution < -0.4 is 9.80 Å². The standard InChI is InChI=1S/C8H12Cl2N4/c1-13(2)6-5(9)8(14(3)4)12-11-7(6)10/h1-4H3. The van der Waals surface area contributed by atoms with E-state index in [1.807, 2.05) is 33.1 Å². The Bertz CT molecular complexity index is 338. The monoisotopic (exact) mass is 234 g/mol. The lowest BCUT2D eigenvalue weighted by atomic mass is 10.4. The van der Waals surface area contributed by atoms with Crippen LogP contribution in [-0.4, -0.2) is 38.4 Å². The van der Waals surface area contributed by atoms with Crippen molar-refractivity contribution in [2.45, 2.75) is 0 Å². The zero-order valence-electron chi connectivity index (χ0n) is 8.54. The largest absolute Gasteiger partial charge is 0.374 e. The van der Waals surface area contributed by atoms with Crippen molar-refractivity contribution in [2.75, 3.05) is 38.0 Å². The van der Waals surface area contributed by atoms with Crippen LogP contribution in [0.5, 0.6) is 0 Å². The number of aromatic nitrogens is 2. The molecule has 0 bridgehead atoms. The molecule has 1 heterocycles. The van der Waals surface area contributed by atoms with Crippen LogP contribution in [0.15, 0.2) is 0 Å². The molecule has 0 aliphatic carbocycles. The van der Waals surface area contributed by atoms with E-state index >= 15 is 0 Å². The number of halogens is 2. The third kappa shape index (κ3) is 2.01. The van der Waals surface area contributed by atoms with Gasteiger partial charge in [-0.1, -0.05) is 23.2 Å². The SMILES string of the molecule is CN(C)c1nnc(Cl)c(N(C)C)c1Cl. The van der Waals surface area contributed by atoms with E-state index in [1.54, 1.807) is 4.90 Å². The first kappa shape index (κ1) is 11.3. The van der Waals surface area contributed by atoms with Gasteiger partial charge in [0.15, 0.2) is 11.0 Å². The zero-order valence-corrected chi connectivity index (χ0v) is 10.1. The van der Waals surface area contributed by atoms with Gasteiger partial charge in [-0.3, -0.25) is 0 Å². The maximum absolute atomic E-state index is 6.13. The van der Waals surface area contributed by atoms with Crippen molar-refractivity contribution in [3.8, 4) is 0 Å². The Hall–Kier alpha value is -0.740. The second-order valence-electron chi connectivity index (χ2n) is 3.27. The first-order valence-corrected chi connectivity index (χ1v) is 4.77. The summed E-state index contributed by atoms with van der Waals surface area (Å²) in [6, 6.07) is 0. The van der Waals surface area contributed by atoms with Crippen LogP contribution in [0.1, 0.15) is 0 Å². The maximum Gasteiger partial charge on any atom is 0.176 e. The third-order valence-electron chi connectivity index (χ3n) is 1.70. The number of hydrogen-bond acceptors (Lipinski definition) is 4. The lowest BCUT2D eigenvalue weighted by molar-refractivity contribution is 0.952. The summed E-state index contributed by atoms with van der Waals surface area (Å²) in [5.74, 6) is 0.611. The van der Waals surface area contributed by atoms with Crippen molar-refractivity contribution in [2.24, 2.45) is 0 Å². The van der Waals surface area contributed by atoms with Gasteiger partial charge in [-0.15, -0.1) is 10.2 Å². The van der Waals surface area contributed by atoms with Gasteiger partial charge in [0, 0.05) is 28.2 Å². The molecule has 78 valence electrons. The summed E-state index contributed by atoms with van der Waals surface area (Å²) < 4.78 is 0. The highest BCUT2D eigenvalue weighted by molar-refractivity contribution is 6.39. The quantitative estimate of drug-likeness (QED) is 0.783. The van der Waals surface area contributed by atoms with Crippen molar-refractivity contribution in [3.05, 3.63) is 10.2 Å². The molecule has 0 unspecified atom stereocenters. The third-order valence-corrected chi connectivity index (χ3v) is 2.31. The first-order chi connectivity index (χ1) is 6.45. The van der Waals surface area contributed by atoms with Crippen molar-refractivity contribution in [1.29, 1.82) is 0 Å². The van der Waals surface area contributed by atoms with E-state index in [0.717, 1.165) is 0 Å². The Morgan fingerprint density at radius 3 is 1.93 bits per heavy atom. The summed E-state index contributed by atoms with van der Waals surface area (Å²) in [7, 11) is 7.41. The topological polar surface area (TPSA) is 32.3 Å². The van der Waals surface area contributed by atoms with E-state index in [-0.39, 0.29) is 0 Å². The number of anilines is 2. The predicted octanol–water partition coefficient (Wildman–Crippen LogP) is 1.92. The molecule has 4 nitrogen and oxygen atoms in total. The van der Waals surface area contributed by atoms with Crippen LogP contribution in [0, 0.1) is 0 Å². The molecule has 0 saturated heterocycles. The molecule has 1 aromatic rings. The van der Waals surface area contributed by atoms with Gasteiger partial charge < -0.3 is 9.80 Å². The molecule has 1 rings (SSSR count). The summed E-state index contributed by atoms with van der Waals surface area (Å²) in [4.78, 5) is 3.60. The van der Waals surface area contributed by atoms with Gasteiger partial charge in [0.05, 0.1) is 5.69 Å². The van der Waals surface area contributed by atoms with Gasteiger partial charge in [0.1, 0.15) is 5.02 Å². The molecule has 0 fully saturated rings. The second kappa shape index (κ2) is 4.19. The smallest absolute Gasteiger partial charge is 0.176 e. The summed E-state index contributed by atoms with van der Waals surface area (Å²) >= 11 is 12.0. The number of rotatable bonds is 2. The Balaban J connectivity index is 3.34. The van der Waals surface area contributed by atoms with Crippen molar-refractivity contribution in [1.82, 2.24) is 10.2 Å². The maximum atomic E-state index is 6.13. The molecule has 0 saturated carbocycles. The molecule has 0 atom stereocenters. The second-order valence-corrected chi connectivity index (χ2v) is 4.00. The van der Waals surface area contributed by atoms with E-state index in [0.29, 0.717) is 21.7 Å². The van der Waals surface area contributed by atoms with Crippen LogP contribution in [0.3, 0.4) is 0 Å². The van der Waals surface area contributed by atoms with Gasteiger partial charge in [0.2, 0.25) is 0 Å². The van der Waals surface area contributed by atoms with Crippen LogP contribution in [0.4, 0.5) is 11.5 Å². The van der Waals surface area contributed by atoms with Crippen molar-refractivity contribution >= 4 is 34.7 Å². The summed E-state index contributed by atoms with van der Waals surface area (Å²) in [5.41, 5.74) is 0.687. The average molecular weight is 235 g/mol. The molecule has 0 aliphatic heterocycles. The number of nitrogens with zero attached hydrogens (tertiary/aromatic N) is 4. The van der Waals surface area contributed by atoms with Crippen LogP contribution >= 0.6 is 23.2 Å². The fraction of sp³-hybridized carbons (Fsp3) is 0.500. The van der Waals surface area contributed by atoms with Crippen molar-refractivity contribution in [3.63, 3.8) is 0 Å². The molecule has 0 aromatic carbocycles. The van der Waals surface area contributed by atoms with Crippen LogP contribution in [0.25, 0.3) is 0 Å². The van der Waals surface area contributed by atoms with E-state index in [9.17, 15) is 0 Å². The molecule has 6 heteroatoms. The molecular weight excluding hydrogens is 223 g/mol. The minimum Gasteiger partial charge on any atom is -0.374 e. The highest BCUT2D eigenvalue weighted by Gasteiger charge is 2.16. The van der Waals surface area contributed by atoms with E-state index < -0.39 is 0 Å². The van der Waals surface area contributed by atoms with Crippen molar-refractivity contribution < 1.29 is 0 Å². The molecule has 0 spiro atoms. The van der Waals surface area contributed by atoms with Gasteiger partial charge in [-0.25, -0.2) is 0 Å². The molecule has 1 aromatic heterocycles. The van der Waals surface area contributed by atoms with Crippen LogP contribution in [-0.2, 0) is 0 Å². The lowest BCUT2D eigenvalue weighted by Crippen LogP contribution is -2.16. The van der Waals surface area contributed by atoms with E-state index in [4.69, 9.17) is 23.2 Å². The van der Waals surface area contributed by atoms with E-state index in [1.165, 1.54) is 0 Å². The Morgan fingerprint density at radius 1 is 0.929 bits per heavy atom. The normalized spacial score (nSPS) is 10.1. The Morgan fingerprint density at radius 2 is 1.50 bits per heavy atom. The summed E-state index contributed by atoms with van der Waals surface area (Å²) in [5, 5.41) is 8.56. The molecule has 0 aliphatic rings. The highest BCUT2D eigenvalue weighted by Crippen LogP contribution is 2.35. The fourth-order valence-electron chi connectivity index (χ4n) is 1.05. The summed E-state index contributed by atoms with van der Waals surface area (Å²) in [6.45, 7) is 0. The molecular formula is C8H12Cl2N4. The van der Waals surface area contributed by atoms with E-state index in [2.05, 4.69) is 10.2 Å². The Labute approximate surface area is 93.4 Å². The number of hydrogen-bond donors (Lipinski definition) is 0. The first-order valence-electron chi connectivity index (χ1n) is 4.01. The minimum absolute atomic E-state index is 0.311. The molecule has 0 amide bonds. The fourth-order valence-corrected chi connectivity index (χ4v) is 1.86. The van der Waals surface area contributed by atoms with Gasteiger partial charge in [0.25, 0.3) is 0 Å². The average Bonchev–Trinajstić information content (AvgIpc) is 2.02. The molecule has 14 heavy (non-hydrogen) atoms. The van der Waals surface area contributed by atoms with Crippen LogP contribution in [0.2, 0.25) is 10.2 Å². The predicted molar refractivity (Wildman–Crippen MR) is 60.7 cm³/mol. The lowest BCUT2D eigenvalue weighted by Gasteiger charge is -2.19. The minimum atomic E-state index is 0.311. The van der Waals surface area contributed by atoms with Gasteiger partial charge in [-0.2, -0.15) is 0 Å². The van der Waals surface area contributed by atoms with Gasteiger partial charge in [-0.05, 0) is 0 Å².